The average molecular weight is 521 g/mol. The quantitative estimate of drug-likeness (QED) is 0.353. The third-order valence-corrected chi connectivity index (χ3v) is 23.0. The molecule has 2 aliphatic carbocycles. The van der Waals surface area contributed by atoms with Crippen LogP contribution in [0.2, 0.25) is 9.36 Å². The minimum atomic E-state index is -2.77. The van der Waals surface area contributed by atoms with Crippen molar-refractivity contribution in [1.29, 1.82) is 0 Å². The van der Waals surface area contributed by atoms with Crippen LogP contribution in [0.3, 0.4) is 0 Å². The van der Waals surface area contributed by atoms with Crippen LogP contribution >= 0.6 is 0 Å². The summed E-state index contributed by atoms with van der Waals surface area (Å²) in [7, 11) is 0. The fourth-order valence-electron chi connectivity index (χ4n) is 6.66. The van der Waals surface area contributed by atoms with E-state index in [0.29, 0.717) is 0 Å². The molecular weight excluding hydrogens is 491 g/mol. The topological polar surface area (TPSA) is 0 Å². The predicted octanol–water partition coefficient (Wildman–Crippen LogP) is 7.87. The summed E-state index contributed by atoms with van der Waals surface area (Å²) in [5.74, 6) is 0. The van der Waals surface area contributed by atoms with Gasteiger partial charge in [-0.25, -0.2) is 0 Å². The molecule has 1 heteroatoms. The van der Waals surface area contributed by atoms with E-state index in [1.165, 1.54) is 25.7 Å². The van der Waals surface area contributed by atoms with Crippen LogP contribution in [0.1, 0.15) is 69.1 Å². The Bertz CT molecular complexity index is 909. The van der Waals surface area contributed by atoms with Crippen molar-refractivity contribution in [2.75, 3.05) is 0 Å². The number of hydrogen-bond acceptors (Lipinski definition) is 0. The monoisotopic (exact) mass is 522 g/mol. The van der Waals surface area contributed by atoms with Gasteiger partial charge in [-0.2, -0.15) is 0 Å². The summed E-state index contributed by atoms with van der Waals surface area (Å²) in [6, 6.07) is 18.8. The second-order valence-corrected chi connectivity index (χ2v) is 26.3. The fourth-order valence-corrected chi connectivity index (χ4v) is 24.6. The summed E-state index contributed by atoms with van der Waals surface area (Å²) >= 11 is -2.77. The molecule has 5 rings (SSSR count). The van der Waals surface area contributed by atoms with Crippen LogP contribution in [0, 0.1) is 0 Å². The molecule has 2 aromatic carbocycles. The van der Waals surface area contributed by atoms with Crippen LogP contribution in [0.5, 0.6) is 0 Å². The van der Waals surface area contributed by atoms with Gasteiger partial charge in [0.1, 0.15) is 0 Å². The Kier molecular flexibility index (Phi) is 4.24. The Labute approximate surface area is 168 Å². The van der Waals surface area contributed by atoms with E-state index in [4.69, 9.17) is 0 Å². The Balaban J connectivity index is 1.80. The normalized spacial score (nSPS) is 25.0. The molecule has 1 aliphatic heterocycles. The Morgan fingerprint density at radius 1 is 0.704 bits per heavy atom. The van der Waals surface area contributed by atoms with Crippen LogP contribution in [0.4, 0.5) is 0 Å². The van der Waals surface area contributed by atoms with Gasteiger partial charge in [0.2, 0.25) is 0 Å². The third kappa shape index (κ3) is 2.36. The number of hydrogen-bond donors (Lipinski definition) is 0. The van der Waals surface area contributed by atoms with E-state index in [9.17, 15) is 0 Å². The van der Waals surface area contributed by atoms with Crippen LogP contribution in [0.15, 0.2) is 59.7 Å². The third-order valence-electron chi connectivity index (χ3n) is 7.54. The van der Waals surface area contributed by atoms with Gasteiger partial charge in [0, 0.05) is 0 Å². The molecule has 0 nitrogen and oxygen atoms in total. The molecule has 0 saturated carbocycles. The zero-order valence-electron chi connectivity index (χ0n) is 17.1. The number of allylic oxidation sites excluding steroid dienone is 4. The summed E-state index contributed by atoms with van der Waals surface area (Å²) in [4.78, 5) is 0. The maximum absolute atomic E-state index is 2.77. The van der Waals surface area contributed by atoms with Crippen LogP contribution in [-0.4, -0.2) is 0 Å². The average Bonchev–Trinajstić information content (AvgIpc) is 3.19. The van der Waals surface area contributed by atoms with Gasteiger partial charge in [-0.3, -0.25) is 0 Å². The first kappa shape index (κ1) is 17.9. The Morgan fingerprint density at radius 2 is 1.11 bits per heavy atom. The Hall–Kier alpha value is -1.21. The molecule has 27 heavy (non-hydrogen) atoms. The molecule has 3 aliphatic rings. The molecule has 0 spiro atoms. The molecule has 0 aromatic heterocycles. The van der Waals surface area contributed by atoms with Gasteiger partial charge >= 0.3 is 169 Å². The van der Waals surface area contributed by atoms with Gasteiger partial charge in [-0.15, -0.1) is 0 Å². The van der Waals surface area contributed by atoms with E-state index in [0.717, 1.165) is 7.35 Å². The minimum absolute atomic E-state index is 0.755. The first-order chi connectivity index (χ1) is 13.1. The van der Waals surface area contributed by atoms with Gasteiger partial charge in [0.15, 0.2) is 0 Å². The van der Waals surface area contributed by atoms with E-state index in [2.05, 4.69) is 71.7 Å². The van der Waals surface area contributed by atoms with Crippen molar-refractivity contribution < 1.29 is 20.0 Å². The summed E-state index contributed by atoms with van der Waals surface area (Å²) in [6.07, 6.45) is 4.90. The van der Waals surface area contributed by atoms with Crippen molar-refractivity contribution >= 4 is 11.1 Å². The SMILES string of the molecule is CCC1=C2CCC3=C(CC)[CH](c4ccccc43)[Hf]([CH3])([CH3])[CH]1c1ccccc12. The van der Waals surface area contributed by atoms with E-state index >= 15 is 0 Å². The number of fused-ring (bicyclic) bond motifs is 8. The number of rotatable bonds is 2. The molecule has 2 atom stereocenters. The molecule has 1 heterocycles. The molecule has 0 N–H and O–H groups in total. The first-order valence-electron chi connectivity index (χ1n) is 10.7. The molecule has 0 amide bonds. The van der Waals surface area contributed by atoms with E-state index < -0.39 is 20.0 Å². The van der Waals surface area contributed by atoms with Crippen molar-refractivity contribution in [3.8, 4) is 0 Å². The van der Waals surface area contributed by atoms with E-state index in [1.807, 2.05) is 11.1 Å². The predicted molar refractivity (Wildman–Crippen MR) is 114 cm³/mol. The molecule has 138 valence electrons. The summed E-state index contributed by atoms with van der Waals surface area (Å²) in [5, 5.41) is 0. The van der Waals surface area contributed by atoms with Crippen LogP contribution in [0.25, 0.3) is 11.1 Å². The Morgan fingerprint density at radius 3 is 1.52 bits per heavy atom. The van der Waals surface area contributed by atoms with Gasteiger partial charge in [-0.1, -0.05) is 0 Å². The summed E-state index contributed by atoms with van der Waals surface area (Å²) in [6.45, 7) is 4.81. The van der Waals surface area contributed by atoms with E-state index in [1.54, 1.807) is 33.4 Å². The maximum atomic E-state index is 2.76. The first-order valence-corrected chi connectivity index (χ1v) is 22.0. The van der Waals surface area contributed by atoms with Crippen molar-refractivity contribution in [1.82, 2.24) is 0 Å². The van der Waals surface area contributed by atoms with Gasteiger partial charge in [0.05, 0.1) is 0 Å². The standard InChI is InChI=1S/C24H24.2CH3.Hf/c1-3-17-15-19-9-5-7-11-21(19)23(17)13-14-24-18(4-2)16-20-10-6-8-12-22(20)24;;;/h5-12,15-16H,3-4,13-14H2,1-2H3;2*1H3;. The second kappa shape index (κ2) is 6.41. The molecule has 4 bridgehead atoms. The van der Waals surface area contributed by atoms with Gasteiger partial charge in [-0.05, 0) is 0 Å². The summed E-state index contributed by atoms with van der Waals surface area (Å²) < 4.78 is 7.04. The van der Waals surface area contributed by atoms with Gasteiger partial charge < -0.3 is 0 Å². The zero-order valence-corrected chi connectivity index (χ0v) is 20.7. The second-order valence-electron chi connectivity index (χ2n) is 9.08. The van der Waals surface area contributed by atoms with E-state index in [-0.39, 0.29) is 0 Å². The zero-order chi connectivity index (χ0) is 18.8. The van der Waals surface area contributed by atoms with Crippen LogP contribution < -0.4 is 0 Å². The number of benzene rings is 2. The molecule has 0 radical (unpaired) electrons. The molecule has 0 fully saturated rings. The molecular formula is C26H30Hf. The van der Waals surface area contributed by atoms with Crippen molar-refractivity contribution in [3.63, 3.8) is 0 Å². The van der Waals surface area contributed by atoms with Crippen LogP contribution in [-0.2, 0) is 20.0 Å². The summed E-state index contributed by atoms with van der Waals surface area (Å²) in [5.41, 5.74) is 13.6. The van der Waals surface area contributed by atoms with Gasteiger partial charge in [0.25, 0.3) is 0 Å². The van der Waals surface area contributed by atoms with Crippen molar-refractivity contribution in [2.45, 2.75) is 56.2 Å². The van der Waals surface area contributed by atoms with Crippen molar-refractivity contribution in [3.05, 3.63) is 81.9 Å². The molecule has 0 saturated heterocycles. The van der Waals surface area contributed by atoms with Crippen molar-refractivity contribution in [2.24, 2.45) is 0 Å². The fraction of sp³-hybridized carbons (Fsp3) is 0.385. The molecule has 2 aromatic rings. The molecule has 2 unspecified atom stereocenters.